The van der Waals surface area contributed by atoms with Crippen molar-refractivity contribution in [1.82, 2.24) is 4.98 Å². The molecule has 1 aliphatic rings. The maximum Gasteiger partial charge on any atom is 0.140 e. The number of nitrogens with zero attached hydrogens (tertiary/aromatic N) is 2. The number of nitrogens with one attached hydrogen (secondary N) is 1. The largest absolute Gasteiger partial charge is 0.381 e. The van der Waals surface area contributed by atoms with Crippen molar-refractivity contribution in [3.05, 3.63) is 24.0 Å². The molecule has 1 fully saturated rings. The Morgan fingerprint density at radius 1 is 1.50 bits per heavy atom. The average Bonchev–Trinajstić information content (AvgIpc) is 3.13. The van der Waals surface area contributed by atoms with Gasteiger partial charge in [-0.2, -0.15) is 5.26 Å². The maximum absolute atomic E-state index is 8.58. The molecular formula is C12H15N3O. The van der Waals surface area contributed by atoms with E-state index in [0.717, 1.165) is 31.4 Å². The molecule has 1 aromatic heterocycles. The highest BCUT2D eigenvalue weighted by Crippen LogP contribution is 2.28. The summed E-state index contributed by atoms with van der Waals surface area (Å²) in [7, 11) is 0. The standard InChI is InChI=1S/C12H15N3O/c13-7-11-3-4-12(8-15-11)14-5-6-16-9-10-1-2-10/h3-4,8,10,14H,1-2,5-6,9H2. The topological polar surface area (TPSA) is 57.9 Å². The van der Waals surface area contributed by atoms with Gasteiger partial charge in [0.25, 0.3) is 0 Å². The predicted octanol–water partition coefficient (Wildman–Crippen LogP) is 1.79. The molecule has 0 amide bonds. The highest BCUT2D eigenvalue weighted by molar-refractivity contribution is 5.42. The third-order valence-electron chi connectivity index (χ3n) is 2.50. The highest BCUT2D eigenvalue weighted by Gasteiger charge is 2.20. The Balaban J connectivity index is 1.62. The number of rotatable bonds is 6. The molecule has 0 saturated heterocycles. The third kappa shape index (κ3) is 3.52. The fourth-order valence-electron chi connectivity index (χ4n) is 1.37. The summed E-state index contributed by atoms with van der Waals surface area (Å²) in [5, 5.41) is 11.8. The van der Waals surface area contributed by atoms with Crippen molar-refractivity contribution in [3.63, 3.8) is 0 Å². The van der Waals surface area contributed by atoms with Crippen molar-refractivity contribution >= 4 is 5.69 Å². The minimum absolute atomic E-state index is 0.440. The maximum atomic E-state index is 8.58. The number of hydrogen-bond acceptors (Lipinski definition) is 4. The van der Waals surface area contributed by atoms with Crippen LogP contribution in [0.15, 0.2) is 18.3 Å². The molecule has 0 aromatic carbocycles. The van der Waals surface area contributed by atoms with E-state index in [1.807, 2.05) is 12.1 Å². The molecular weight excluding hydrogens is 202 g/mol. The summed E-state index contributed by atoms with van der Waals surface area (Å²) >= 11 is 0. The Labute approximate surface area is 95.3 Å². The van der Waals surface area contributed by atoms with Crippen LogP contribution in [0.5, 0.6) is 0 Å². The quantitative estimate of drug-likeness (QED) is 0.738. The van der Waals surface area contributed by atoms with Crippen LogP contribution in [0, 0.1) is 17.2 Å². The van der Waals surface area contributed by atoms with E-state index in [0.29, 0.717) is 5.69 Å². The fourth-order valence-corrected chi connectivity index (χ4v) is 1.37. The van der Waals surface area contributed by atoms with Crippen LogP contribution in [0.25, 0.3) is 0 Å². The van der Waals surface area contributed by atoms with Gasteiger partial charge in [-0.1, -0.05) is 0 Å². The summed E-state index contributed by atoms with van der Waals surface area (Å²) in [6.07, 6.45) is 4.32. The van der Waals surface area contributed by atoms with Gasteiger partial charge in [-0.25, -0.2) is 4.98 Å². The van der Waals surface area contributed by atoms with Gasteiger partial charge in [0.2, 0.25) is 0 Å². The molecule has 0 unspecified atom stereocenters. The normalized spacial score (nSPS) is 14.4. The number of ether oxygens (including phenoxy) is 1. The van der Waals surface area contributed by atoms with Crippen LogP contribution in [0.2, 0.25) is 0 Å². The van der Waals surface area contributed by atoms with E-state index < -0.39 is 0 Å². The second-order valence-corrected chi connectivity index (χ2v) is 3.99. The van der Waals surface area contributed by atoms with Gasteiger partial charge in [0, 0.05) is 13.2 Å². The SMILES string of the molecule is N#Cc1ccc(NCCOCC2CC2)cn1. The van der Waals surface area contributed by atoms with Crippen molar-refractivity contribution in [2.24, 2.45) is 5.92 Å². The smallest absolute Gasteiger partial charge is 0.140 e. The molecule has 0 spiro atoms. The first-order valence-electron chi connectivity index (χ1n) is 5.56. The Kier molecular flexibility index (Phi) is 3.73. The number of anilines is 1. The molecule has 1 aliphatic carbocycles. The number of pyridine rings is 1. The van der Waals surface area contributed by atoms with Gasteiger partial charge in [0.05, 0.1) is 18.5 Å². The summed E-state index contributed by atoms with van der Waals surface area (Å²) < 4.78 is 5.49. The molecule has 0 aliphatic heterocycles. The molecule has 0 radical (unpaired) electrons. The lowest BCUT2D eigenvalue weighted by Crippen LogP contribution is -2.10. The van der Waals surface area contributed by atoms with E-state index >= 15 is 0 Å². The fraction of sp³-hybridized carbons (Fsp3) is 0.500. The van der Waals surface area contributed by atoms with Crippen LogP contribution in [-0.4, -0.2) is 24.7 Å². The first kappa shape index (κ1) is 10.9. The number of hydrogen-bond donors (Lipinski definition) is 1. The summed E-state index contributed by atoms with van der Waals surface area (Å²) in [6.45, 7) is 2.39. The lowest BCUT2D eigenvalue weighted by atomic mass is 10.3. The molecule has 1 saturated carbocycles. The second kappa shape index (κ2) is 5.47. The zero-order valence-electron chi connectivity index (χ0n) is 9.15. The number of nitriles is 1. The summed E-state index contributed by atoms with van der Waals surface area (Å²) in [5.41, 5.74) is 1.37. The van der Waals surface area contributed by atoms with Crippen molar-refractivity contribution in [2.45, 2.75) is 12.8 Å². The van der Waals surface area contributed by atoms with E-state index in [4.69, 9.17) is 10.00 Å². The van der Waals surface area contributed by atoms with Crippen LogP contribution in [-0.2, 0) is 4.74 Å². The van der Waals surface area contributed by atoms with Crippen molar-refractivity contribution in [3.8, 4) is 6.07 Å². The van der Waals surface area contributed by atoms with Gasteiger partial charge in [0.15, 0.2) is 0 Å². The molecule has 4 nitrogen and oxygen atoms in total. The monoisotopic (exact) mass is 217 g/mol. The molecule has 1 N–H and O–H groups in total. The van der Waals surface area contributed by atoms with Gasteiger partial charge in [-0.05, 0) is 30.9 Å². The van der Waals surface area contributed by atoms with Gasteiger partial charge in [0.1, 0.15) is 11.8 Å². The summed E-state index contributed by atoms with van der Waals surface area (Å²) in [4.78, 5) is 3.97. The zero-order chi connectivity index (χ0) is 11.2. The van der Waals surface area contributed by atoms with Crippen LogP contribution in [0.1, 0.15) is 18.5 Å². The van der Waals surface area contributed by atoms with Crippen LogP contribution in [0.3, 0.4) is 0 Å². The Morgan fingerprint density at radius 2 is 2.38 bits per heavy atom. The molecule has 84 valence electrons. The summed E-state index contributed by atoms with van der Waals surface area (Å²) in [5.74, 6) is 0.816. The minimum atomic E-state index is 0.440. The molecule has 4 heteroatoms. The molecule has 0 bridgehead atoms. The number of aromatic nitrogens is 1. The lowest BCUT2D eigenvalue weighted by molar-refractivity contribution is 0.134. The zero-order valence-corrected chi connectivity index (χ0v) is 9.15. The lowest BCUT2D eigenvalue weighted by Gasteiger charge is -2.06. The average molecular weight is 217 g/mol. The first-order chi connectivity index (χ1) is 7.88. The molecule has 16 heavy (non-hydrogen) atoms. The molecule has 2 rings (SSSR count). The van der Waals surface area contributed by atoms with Crippen LogP contribution in [0.4, 0.5) is 5.69 Å². The molecule has 1 aromatic rings. The van der Waals surface area contributed by atoms with Gasteiger partial charge in [-0.3, -0.25) is 0 Å². The van der Waals surface area contributed by atoms with Crippen molar-refractivity contribution in [1.29, 1.82) is 5.26 Å². The third-order valence-corrected chi connectivity index (χ3v) is 2.50. The van der Waals surface area contributed by atoms with Gasteiger partial charge in [-0.15, -0.1) is 0 Å². The Morgan fingerprint density at radius 3 is 3.00 bits per heavy atom. The van der Waals surface area contributed by atoms with Crippen LogP contribution >= 0.6 is 0 Å². The first-order valence-corrected chi connectivity index (χ1v) is 5.56. The van der Waals surface area contributed by atoms with Gasteiger partial charge >= 0.3 is 0 Å². The summed E-state index contributed by atoms with van der Waals surface area (Å²) in [6, 6.07) is 5.54. The highest BCUT2D eigenvalue weighted by atomic mass is 16.5. The van der Waals surface area contributed by atoms with E-state index in [2.05, 4.69) is 10.3 Å². The van der Waals surface area contributed by atoms with E-state index in [-0.39, 0.29) is 0 Å². The Bertz CT molecular complexity index is 365. The van der Waals surface area contributed by atoms with Crippen molar-refractivity contribution in [2.75, 3.05) is 25.1 Å². The second-order valence-electron chi connectivity index (χ2n) is 3.99. The van der Waals surface area contributed by atoms with Crippen molar-refractivity contribution < 1.29 is 4.74 Å². The Hall–Kier alpha value is -1.60. The van der Waals surface area contributed by atoms with E-state index in [1.54, 1.807) is 12.3 Å². The van der Waals surface area contributed by atoms with Gasteiger partial charge < -0.3 is 10.1 Å². The van der Waals surface area contributed by atoms with E-state index in [9.17, 15) is 0 Å². The van der Waals surface area contributed by atoms with E-state index in [1.165, 1.54) is 12.8 Å². The molecule has 0 atom stereocenters. The molecule has 1 heterocycles. The predicted molar refractivity (Wildman–Crippen MR) is 61.0 cm³/mol. The van der Waals surface area contributed by atoms with Crippen LogP contribution < -0.4 is 5.32 Å². The minimum Gasteiger partial charge on any atom is -0.381 e.